The lowest BCUT2D eigenvalue weighted by Crippen LogP contribution is -2.34. The molecule has 2 saturated carbocycles. The van der Waals surface area contributed by atoms with E-state index in [1.54, 1.807) is 11.1 Å². The van der Waals surface area contributed by atoms with Crippen LogP contribution in [0.4, 0.5) is 0 Å². The zero-order valence-electron chi connectivity index (χ0n) is 37.1. The molecule has 4 aromatic rings. The van der Waals surface area contributed by atoms with Gasteiger partial charge in [0.2, 0.25) is 0 Å². The highest BCUT2D eigenvalue weighted by atomic mass is 79.9. The van der Waals surface area contributed by atoms with Crippen LogP contribution >= 0.6 is 15.9 Å². The van der Waals surface area contributed by atoms with E-state index in [4.69, 9.17) is 19.5 Å². The van der Waals surface area contributed by atoms with Crippen LogP contribution in [0.15, 0.2) is 102 Å². The Morgan fingerprint density at radius 2 is 0.950 bits per heavy atom. The van der Waals surface area contributed by atoms with Crippen LogP contribution in [0.3, 0.4) is 0 Å². The molecule has 0 aromatic heterocycles. The molecule has 0 radical (unpaired) electrons. The van der Waals surface area contributed by atoms with E-state index in [0.717, 1.165) is 25.2 Å². The average Bonchev–Trinajstić information content (AvgIpc) is 4.07. The average molecular weight is 882 g/mol. The maximum absolute atomic E-state index is 9.14. The molecule has 60 heavy (non-hydrogen) atoms. The van der Waals surface area contributed by atoms with Crippen LogP contribution in [-0.2, 0) is 49.8 Å². The van der Waals surface area contributed by atoms with Crippen LogP contribution in [-0.4, -0.2) is 30.4 Å². The van der Waals surface area contributed by atoms with E-state index in [-0.39, 0.29) is 36.9 Å². The number of rotatable bonds is 10. The zero-order chi connectivity index (χ0) is 42.1. The first-order valence-corrected chi connectivity index (χ1v) is 22.5. The number of halogens is 1. The Morgan fingerprint density at radius 1 is 0.533 bits per heavy atom. The summed E-state index contributed by atoms with van der Waals surface area (Å²) in [6.07, 6.45) is 7.19. The highest BCUT2D eigenvalue weighted by Crippen LogP contribution is 2.60. The van der Waals surface area contributed by atoms with Gasteiger partial charge in [-0.05, 0) is 129 Å². The number of ether oxygens (including phenoxy) is 2. The summed E-state index contributed by atoms with van der Waals surface area (Å²) in [6, 6.07) is 34.6. The van der Waals surface area contributed by atoms with Gasteiger partial charge in [0.25, 0.3) is 0 Å². The van der Waals surface area contributed by atoms with Crippen molar-refractivity contribution in [1.29, 1.82) is 0 Å². The standard InChI is InChI=1S/C26H34O.C14H19Br.C12H17BO3.2CH4/c1-24(2)13-14-25(3,4)23-15-20(11-12-22(23)24)26(5)16-21(26)18-27-17-19-9-7-6-8-10-19;1-13(2)7-8-14(3,4)12-9-10(15)5-6-11(12)13;1-12(13(14)15)7-11(12)9-16-8-10-5-3-2-4-6-10;;/h6-12,15,21H,13-14,16-18H2,1-5H3;5-6,9H,7-8H2,1-4H3;2-6,11,14-15H,7-9H2,1H3;2*1H4. The smallest absolute Gasteiger partial charge is 0.427 e. The van der Waals surface area contributed by atoms with Gasteiger partial charge >= 0.3 is 7.12 Å². The summed E-state index contributed by atoms with van der Waals surface area (Å²) in [6.45, 7) is 26.1. The van der Waals surface area contributed by atoms with Crippen molar-refractivity contribution in [1.82, 2.24) is 0 Å². The molecule has 4 atom stereocenters. The Kier molecular flexibility index (Phi) is 16.1. The third-order valence-electron chi connectivity index (χ3n) is 14.6. The van der Waals surface area contributed by atoms with E-state index < -0.39 is 7.12 Å². The van der Waals surface area contributed by atoms with Crippen molar-refractivity contribution in [2.24, 2.45) is 11.8 Å². The molecular formula is C54H78BBrO4. The minimum atomic E-state index is -1.22. The summed E-state index contributed by atoms with van der Waals surface area (Å²) in [7, 11) is -1.22. The molecule has 0 saturated heterocycles. The van der Waals surface area contributed by atoms with Crippen LogP contribution in [0.5, 0.6) is 0 Å². The quantitative estimate of drug-likeness (QED) is 0.156. The van der Waals surface area contributed by atoms with E-state index in [0.29, 0.717) is 35.4 Å². The molecule has 0 aliphatic heterocycles. The second kappa shape index (κ2) is 19.3. The van der Waals surface area contributed by atoms with Crippen LogP contribution in [0.25, 0.3) is 0 Å². The van der Waals surface area contributed by atoms with Gasteiger partial charge in [-0.2, -0.15) is 0 Å². The number of benzene rings is 4. The summed E-state index contributed by atoms with van der Waals surface area (Å²) in [4.78, 5) is 0. The summed E-state index contributed by atoms with van der Waals surface area (Å²) >= 11 is 3.58. The fourth-order valence-electron chi connectivity index (χ4n) is 9.38. The predicted octanol–water partition coefficient (Wildman–Crippen LogP) is 14.1. The maximum Gasteiger partial charge on any atom is 0.458 e. The summed E-state index contributed by atoms with van der Waals surface area (Å²) in [5.41, 5.74) is 11.6. The van der Waals surface area contributed by atoms with E-state index in [1.165, 1.54) is 58.8 Å². The monoisotopic (exact) mass is 881 g/mol. The second-order valence-corrected chi connectivity index (χ2v) is 22.0. The van der Waals surface area contributed by atoms with Gasteiger partial charge in [0, 0.05) is 16.4 Å². The van der Waals surface area contributed by atoms with Crippen LogP contribution < -0.4 is 0 Å². The molecule has 0 spiro atoms. The van der Waals surface area contributed by atoms with Crippen molar-refractivity contribution in [2.45, 2.75) is 168 Å². The first-order valence-electron chi connectivity index (χ1n) is 21.7. The van der Waals surface area contributed by atoms with Gasteiger partial charge in [-0.25, -0.2) is 0 Å². The molecule has 8 rings (SSSR count). The predicted molar refractivity (Wildman–Crippen MR) is 259 cm³/mol. The van der Waals surface area contributed by atoms with Crippen molar-refractivity contribution in [3.05, 3.63) is 140 Å². The van der Waals surface area contributed by atoms with Gasteiger partial charge in [-0.3, -0.25) is 0 Å². The molecule has 6 heteroatoms. The van der Waals surface area contributed by atoms with Gasteiger partial charge in [-0.15, -0.1) is 0 Å². The Morgan fingerprint density at radius 3 is 1.40 bits per heavy atom. The van der Waals surface area contributed by atoms with Crippen molar-refractivity contribution in [3.63, 3.8) is 0 Å². The molecule has 4 aromatic carbocycles. The van der Waals surface area contributed by atoms with Gasteiger partial charge in [0.15, 0.2) is 0 Å². The Balaban J connectivity index is 0.000000208. The van der Waals surface area contributed by atoms with Crippen molar-refractivity contribution >= 4 is 23.0 Å². The Labute approximate surface area is 374 Å². The molecule has 0 bridgehead atoms. The van der Waals surface area contributed by atoms with E-state index in [1.807, 2.05) is 37.3 Å². The molecular weight excluding hydrogens is 803 g/mol. The first kappa shape index (κ1) is 49.9. The van der Waals surface area contributed by atoms with Crippen LogP contribution in [0.2, 0.25) is 5.31 Å². The summed E-state index contributed by atoms with van der Waals surface area (Å²) in [5.74, 6) is 0.912. The minimum absolute atomic E-state index is 0. The van der Waals surface area contributed by atoms with Gasteiger partial charge < -0.3 is 19.5 Å². The van der Waals surface area contributed by atoms with Crippen LogP contribution in [0, 0.1) is 11.8 Å². The lowest BCUT2D eigenvalue weighted by Gasteiger charge is -2.42. The van der Waals surface area contributed by atoms with Crippen LogP contribution in [0.1, 0.15) is 162 Å². The maximum atomic E-state index is 9.14. The molecule has 2 fully saturated rings. The molecule has 328 valence electrons. The van der Waals surface area contributed by atoms with Gasteiger partial charge in [0.1, 0.15) is 0 Å². The fraction of sp³-hybridized carbons (Fsp3) is 0.556. The van der Waals surface area contributed by atoms with Gasteiger partial charge in [0.05, 0.1) is 19.8 Å². The second-order valence-electron chi connectivity index (χ2n) is 21.1. The molecule has 4 aliphatic carbocycles. The third kappa shape index (κ3) is 11.4. The molecule has 2 N–H and O–H groups in total. The number of fused-ring (bicyclic) bond motifs is 2. The van der Waals surface area contributed by atoms with E-state index in [2.05, 4.69) is 145 Å². The van der Waals surface area contributed by atoms with Crippen molar-refractivity contribution in [2.75, 3.05) is 13.2 Å². The molecule has 4 aliphatic rings. The lowest BCUT2D eigenvalue weighted by molar-refractivity contribution is 0.106. The largest absolute Gasteiger partial charge is 0.458 e. The lowest BCUT2D eigenvalue weighted by atomic mass is 9.62. The summed E-state index contributed by atoms with van der Waals surface area (Å²) in [5, 5.41) is 17.9. The minimum Gasteiger partial charge on any atom is -0.427 e. The van der Waals surface area contributed by atoms with Gasteiger partial charge in [-0.1, -0.05) is 185 Å². The topological polar surface area (TPSA) is 58.9 Å². The SMILES string of the molecule is C.C.CC1(B(O)O)CC1COCc1ccccc1.CC1(C)CCC(C)(C)c2cc(Br)ccc21.CC1(C)CCC(C)(C)c2cc(C3(C)CC3COCc3ccccc3)ccc21. The van der Waals surface area contributed by atoms with E-state index in [9.17, 15) is 0 Å². The normalized spacial score (nSPS) is 25.5. The number of hydrogen-bond donors (Lipinski definition) is 2. The Hall–Kier alpha value is -2.74. The summed E-state index contributed by atoms with van der Waals surface area (Å²) < 4.78 is 12.8. The first-order chi connectivity index (χ1) is 27.2. The van der Waals surface area contributed by atoms with E-state index >= 15 is 0 Å². The molecule has 0 amide bonds. The third-order valence-corrected chi connectivity index (χ3v) is 15.1. The van der Waals surface area contributed by atoms with Crippen molar-refractivity contribution < 1.29 is 19.5 Å². The Bertz CT molecular complexity index is 1990. The highest BCUT2D eigenvalue weighted by Gasteiger charge is 2.58. The number of hydrogen-bond acceptors (Lipinski definition) is 4. The molecule has 4 unspecified atom stereocenters. The fourth-order valence-corrected chi connectivity index (χ4v) is 9.74. The zero-order valence-corrected chi connectivity index (χ0v) is 38.7. The molecule has 0 heterocycles. The molecule has 4 nitrogen and oxygen atoms in total. The highest BCUT2D eigenvalue weighted by molar-refractivity contribution is 9.10. The van der Waals surface area contributed by atoms with Crippen molar-refractivity contribution in [3.8, 4) is 0 Å².